The van der Waals surface area contributed by atoms with E-state index in [-0.39, 0.29) is 12.5 Å². The van der Waals surface area contributed by atoms with Crippen LogP contribution in [0.5, 0.6) is 11.5 Å². The number of hydrogen-bond acceptors (Lipinski definition) is 6. The summed E-state index contributed by atoms with van der Waals surface area (Å²) in [5, 5.41) is 15.2. The van der Waals surface area contributed by atoms with E-state index >= 15 is 0 Å². The Balaban J connectivity index is 1.51. The number of nitrogens with one attached hydrogen (secondary N) is 1. The van der Waals surface area contributed by atoms with E-state index in [4.69, 9.17) is 9.47 Å². The van der Waals surface area contributed by atoms with Crippen molar-refractivity contribution in [2.75, 3.05) is 20.8 Å². The standard InChI is InChI=1S/C22H27N5O3/c1-15(2)17-6-8-18(9-7-17)22-24-26-27(25-22)14-21(28)23-12-11-16-5-10-19(29-3)20(13-16)30-4/h5-10,13,15H,11-12,14H2,1-4H3,(H,23,28). The zero-order valence-corrected chi connectivity index (χ0v) is 17.8. The molecule has 0 fully saturated rings. The number of nitrogens with zero attached hydrogens (tertiary/aromatic N) is 4. The lowest BCUT2D eigenvalue weighted by Gasteiger charge is -2.10. The maximum atomic E-state index is 12.2. The molecule has 8 heteroatoms. The Kier molecular flexibility index (Phi) is 7.00. The number of aromatic nitrogens is 4. The van der Waals surface area contributed by atoms with Gasteiger partial charge in [0.2, 0.25) is 11.7 Å². The summed E-state index contributed by atoms with van der Waals surface area (Å²) in [4.78, 5) is 13.5. The number of ether oxygens (including phenoxy) is 2. The first kappa shape index (κ1) is 21.3. The van der Waals surface area contributed by atoms with Gasteiger partial charge in [0.1, 0.15) is 6.54 Å². The topological polar surface area (TPSA) is 91.2 Å². The van der Waals surface area contributed by atoms with E-state index in [9.17, 15) is 4.79 Å². The van der Waals surface area contributed by atoms with Crippen LogP contribution in [0.25, 0.3) is 11.4 Å². The Morgan fingerprint density at radius 1 is 1.07 bits per heavy atom. The summed E-state index contributed by atoms with van der Waals surface area (Å²) in [6.45, 7) is 4.80. The normalized spacial score (nSPS) is 10.8. The third-order valence-electron chi connectivity index (χ3n) is 4.76. The molecule has 0 saturated heterocycles. The highest BCUT2D eigenvalue weighted by Gasteiger charge is 2.10. The van der Waals surface area contributed by atoms with Gasteiger partial charge in [-0.1, -0.05) is 44.2 Å². The Morgan fingerprint density at radius 3 is 2.47 bits per heavy atom. The second-order valence-electron chi connectivity index (χ2n) is 7.21. The van der Waals surface area contributed by atoms with Crippen molar-refractivity contribution in [2.45, 2.75) is 32.7 Å². The summed E-state index contributed by atoms with van der Waals surface area (Å²) in [6, 6.07) is 13.8. The smallest absolute Gasteiger partial charge is 0.243 e. The molecule has 0 bridgehead atoms. The molecule has 1 amide bonds. The number of hydrogen-bond donors (Lipinski definition) is 1. The molecule has 0 atom stereocenters. The Hall–Kier alpha value is -3.42. The first-order valence-corrected chi connectivity index (χ1v) is 9.86. The van der Waals surface area contributed by atoms with Gasteiger partial charge in [-0.25, -0.2) is 0 Å². The minimum atomic E-state index is -0.172. The molecule has 0 radical (unpaired) electrons. The number of benzene rings is 2. The zero-order valence-electron chi connectivity index (χ0n) is 17.8. The van der Waals surface area contributed by atoms with E-state index in [0.29, 0.717) is 36.2 Å². The lowest BCUT2D eigenvalue weighted by atomic mass is 10.0. The highest BCUT2D eigenvalue weighted by Crippen LogP contribution is 2.27. The van der Waals surface area contributed by atoms with Crippen molar-refractivity contribution in [1.29, 1.82) is 0 Å². The van der Waals surface area contributed by atoms with Gasteiger partial charge in [0.15, 0.2) is 11.5 Å². The minimum Gasteiger partial charge on any atom is -0.493 e. The maximum Gasteiger partial charge on any atom is 0.243 e. The van der Waals surface area contributed by atoms with Crippen LogP contribution in [0.1, 0.15) is 30.9 Å². The third-order valence-corrected chi connectivity index (χ3v) is 4.76. The predicted molar refractivity (Wildman–Crippen MR) is 114 cm³/mol. The van der Waals surface area contributed by atoms with E-state index < -0.39 is 0 Å². The van der Waals surface area contributed by atoms with E-state index in [0.717, 1.165) is 11.1 Å². The van der Waals surface area contributed by atoms with Crippen LogP contribution in [-0.4, -0.2) is 46.9 Å². The Bertz CT molecular complexity index is 983. The summed E-state index contributed by atoms with van der Waals surface area (Å²) in [7, 11) is 3.20. The number of rotatable bonds is 9. The van der Waals surface area contributed by atoms with Gasteiger partial charge >= 0.3 is 0 Å². The van der Waals surface area contributed by atoms with E-state index in [1.807, 2.05) is 30.3 Å². The summed E-state index contributed by atoms with van der Waals surface area (Å²) in [5.74, 6) is 2.14. The fourth-order valence-electron chi connectivity index (χ4n) is 3.01. The van der Waals surface area contributed by atoms with Crippen molar-refractivity contribution in [3.05, 3.63) is 53.6 Å². The van der Waals surface area contributed by atoms with Gasteiger partial charge in [-0.15, -0.1) is 10.2 Å². The van der Waals surface area contributed by atoms with Gasteiger partial charge in [-0.3, -0.25) is 4.79 Å². The van der Waals surface area contributed by atoms with E-state index in [1.54, 1.807) is 14.2 Å². The number of methoxy groups -OCH3 is 2. The molecule has 0 aliphatic rings. The van der Waals surface area contributed by atoms with Gasteiger partial charge in [-0.05, 0) is 40.8 Å². The summed E-state index contributed by atoms with van der Waals surface area (Å²) in [5.41, 5.74) is 3.17. The average molecular weight is 409 g/mol. The molecule has 8 nitrogen and oxygen atoms in total. The van der Waals surface area contributed by atoms with Crippen LogP contribution in [-0.2, 0) is 17.8 Å². The monoisotopic (exact) mass is 409 g/mol. The molecule has 0 saturated carbocycles. The number of carbonyl (C=O) groups excluding carboxylic acids is 1. The molecule has 0 spiro atoms. The van der Waals surface area contributed by atoms with Gasteiger partial charge in [-0.2, -0.15) is 4.80 Å². The average Bonchev–Trinajstić information content (AvgIpc) is 3.22. The zero-order chi connectivity index (χ0) is 21.5. The number of carbonyl (C=O) groups is 1. The highest BCUT2D eigenvalue weighted by atomic mass is 16.5. The SMILES string of the molecule is COc1ccc(CCNC(=O)Cn2nnc(-c3ccc(C(C)C)cc3)n2)cc1OC. The van der Waals surface area contributed by atoms with Crippen LogP contribution in [0, 0.1) is 0 Å². The van der Waals surface area contributed by atoms with Gasteiger partial charge in [0, 0.05) is 12.1 Å². The van der Waals surface area contributed by atoms with Crippen LogP contribution >= 0.6 is 0 Å². The summed E-state index contributed by atoms with van der Waals surface area (Å²) in [6.07, 6.45) is 0.671. The lowest BCUT2D eigenvalue weighted by Crippen LogP contribution is -2.30. The third kappa shape index (κ3) is 5.34. The first-order chi connectivity index (χ1) is 14.5. The molecule has 0 aliphatic carbocycles. The van der Waals surface area contributed by atoms with Crippen LogP contribution in [0.15, 0.2) is 42.5 Å². The van der Waals surface area contributed by atoms with Crippen LogP contribution in [0.4, 0.5) is 0 Å². The Labute approximate surface area is 176 Å². The molecular weight excluding hydrogens is 382 g/mol. The molecule has 0 unspecified atom stereocenters. The molecular formula is C22H27N5O3. The van der Waals surface area contributed by atoms with Crippen molar-refractivity contribution in [3.8, 4) is 22.9 Å². The molecule has 1 aromatic heterocycles. The van der Waals surface area contributed by atoms with Crippen molar-refractivity contribution < 1.29 is 14.3 Å². The molecule has 1 heterocycles. The van der Waals surface area contributed by atoms with Crippen LogP contribution in [0.3, 0.4) is 0 Å². The van der Waals surface area contributed by atoms with Crippen molar-refractivity contribution in [2.24, 2.45) is 0 Å². The molecule has 0 aliphatic heterocycles. The van der Waals surface area contributed by atoms with Gasteiger partial charge < -0.3 is 14.8 Å². The van der Waals surface area contributed by atoms with Crippen LogP contribution in [0.2, 0.25) is 0 Å². The second-order valence-corrected chi connectivity index (χ2v) is 7.21. The molecule has 3 aromatic rings. The lowest BCUT2D eigenvalue weighted by molar-refractivity contribution is -0.122. The maximum absolute atomic E-state index is 12.2. The molecule has 158 valence electrons. The molecule has 2 aromatic carbocycles. The number of amides is 1. The van der Waals surface area contributed by atoms with Crippen LogP contribution < -0.4 is 14.8 Å². The highest BCUT2D eigenvalue weighted by molar-refractivity contribution is 5.75. The first-order valence-electron chi connectivity index (χ1n) is 9.86. The molecule has 30 heavy (non-hydrogen) atoms. The second kappa shape index (κ2) is 9.87. The van der Waals surface area contributed by atoms with Crippen molar-refractivity contribution in [3.63, 3.8) is 0 Å². The minimum absolute atomic E-state index is 0.0169. The fraction of sp³-hybridized carbons (Fsp3) is 0.364. The summed E-state index contributed by atoms with van der Waals surface area (Å²) < 4.78 is 10.5. The quantitative estimate of drug-likeness (QED) is 0.584. The van der Waals surface area contributed by atoms with Gasteiger partial charge in [0.05, 0.1) is 14.2 Å². The van der Waals surface area contributed by atoms with Crippen molar-refractivity contribution in [1.82, 2.24) is 25.5 Å². The number of tetrazole rings is 1. The van der Waals surface area contributed by atoms with Gasteiger partial charge in [0.25, 0.3) is 0 Å². The van der Waals surface area contributed by atoms with E-state index in [2.05, 4.69) is 46.7 Å². The van der Waals surface area contributed by atoms with Crippen molar-refractivity contribution >= 4 is 5.91 Å². The fourth-order valence-corrected chi connectivity index (χ4v) is 3.01. The molecule has 1 N–H and O–H groups in total. The summed E-state index contributed by atoms with van der Waals surface area (Å²) >= 11 is 0. The predicted octanol–water partition coefficient (Wildman–Crippen LogP) is 2.84. The Morgan fingerprint density at radius 2 is 1.80 bits per heavy atom. The molecule has 3 rings (SSSR count). The van der Waals surface area contributed by atoms with E-state index in [1.165, 1.54) is 10.4 Å². The largest absolute Gasteiger partial charge is 0.493 e.